The predicted molar refractivity (Wildman–Crippen MR) is 83.8 cm³/mol. The third-order valence-corrected chi connectivity index (χ3v) is 4.36. The molecule has 2 aromatic rings. The summed E-state index contributed by atoms with van der Waals surface area (Å²) in [6.07, 6.45) is 8.75. The van der Waals surface area contributed by atoms with Crippen molar-refractivity contribution in [3.05, 3.63) is 40.6 Å². The lowest BCUT2D eigenvalue weighted by molar-refractivity contribution is -0.135. The van der Waals surface area contributed by atoms with Crippen LogP contribution in [0.4, 0.5) is 0 Å². The van der Waals surface area contributed by atoms with Crippen molar-refractivity contribution in [1.29, 1.82) is 0 Å². The van der Waals surface area contributed by atoms with Gasteiger partial charge in [0.25, 0.3) is 5.56 Å². The van der Waals surface area contributed by atoms with Gasteiger partial charge in [0.1, 0.15) is 5.76 Å². The molecule has 124 valence electrons. The van der Waals surface area contributed by atoms with Crippen molar-refractivity contribution in [2.75, 3.05) is 6.54 Å². The van der Waals surface area contributed by atoms with Crippen LogP contribution in [0.25, 0.3) is 0 Å². The number of hydrogen-bond acceptors (Lipinski definition) is 4. The maximum absolute atomic E-state index is 12.5. The second-order valence-electron chi connectivity index (χ2n) is 5.97. The van der Waals surface area contributed by atoms with Crippen LogP contribution in [-0.2, 0) is 17.8 Å². The van der Waals surface area contributed by atoms with E-state index in [0.717, 1.165) is 32.4 Å². The molecular formula is C16H22N4O3. The van der Waals surface area contributed by atoms with Gasteiger partial charge in [0, 0.05) is 50.4 Å². The van der Waals surface area contributed by atoms with Crippen molar-refractivity contribution in [1.82, 2.24) is 19.8 Å². The van der Waals surface area contributed by atoms with Gasteiger partial charge in [-0.3, -0.25) is 14.3 Å². The second kappa shape index (κ2) is 7.30. The van der Waals surface area contributed by atoms with Gasteiger partial charge in [-0.1, -0.05) is 0 Å². The average molecular weight is 318 g/mol. The zero-order valence-corrected chi connectivity index (χ0v) is 13.1. The minimum Gasteiger partial charge on any atom is -0.384 e. The van der Waals surface area contributed by atoms with Crippen LogP contribution in [-0.4, -0.2) is 38.3 Å². The number of carbonyl (C=O) groups is 1. The molecule has 3 rings (SSSR count). The van der Waals surface area contributed by atoms with Gasteiger partial charge in [0.15, 0.2) is 0 Å². The van der Waals surface area contributed by atoms with Gasteiger partial charge in [-0.2, -0.15) is 10.3 Å². The van der Waals surface area contributed by atoms with Crippen LogP contribution in [0.3, 0.4) is 0 Å². The Morgan fingerprint density at radius 3 is 3.09 bits per heavy atom. The molecule has 0 radical (unpaired) electrons. The summed E-state index contributed by atoms with van der Waals surface area (Å²) in [5, 5.41) is 6.47. The normalized spacial score (nSPS) is 18.3. The number of aryl methyl sites for hydroxylation is 2. The highest BCUT2D eigenvalue weighted by Crippen LogP contribution is 2.21. The van der Waals surface area contributed by atoms with Gasteiger partial charge in [-0.05, 0) is 31.7 Å². The molecule has 1 fully saturated rings. The molecule has 0 saturated carbocycles. The summed E-state index contributed by atoms with van der Waals surface area (Å²) in [5.74, 6) is 0.674. The van der Waals surface area contributed by atoms with Crippen LogP contribution < -0.4 is 5.56 Å². The Labute approximate surface area is 134 Å². The Morgan fingerprint density at radius 2 is 2.35 bits per heavy atom. The maximum atomic E-state index is 12.5. The highest BCUT2D eigenvalue weighted by atomic mass is 16.5. The van der Waals surface area contributed by atoms with E-state index in [0.29, 0.717) is 18.6 Å². The van der Waals surface area contributed by atoms with Crippen molar-refractivity contribution >= 4 is 5.91 Å². The number of nitrogens with one attached hydrogen (secondary N) is 1. The highest BCUT2D eigenvalue weighted by Gasteiger charge is 2.26. The summed E-state index contributed by atoms with van der Waals surface area (Å²) < 4.78 is 6.91. The standard InChI is InChI=1S/C16H22N4O3/c21-15-12-14(23-18-15)5-6-16(22)20-10-2-1-4-13(20)7-11-19-9-3-8-17-19/h3,8-9,12-13H,1-2,4-7,10-11H2,(H,18,21). The average Bonchev–Trinajstić information content (AvgIpc) is 3.22. The molecule has 0 spiro atoms. The molecule has 1 unspecified atom stereocenters. The van der Waals surface area contributed by atoms with E-state index in [1.807, 2.05) is 21.8 Å². The van der Waals surface area contributed by atoms with Gasteiger partial charge in [-0.25, -0.2) is 0 Å². The molecule has 1 saturated heterocycles. The molecule has 1 aliphatic rings. The van der Waals surface area contributed by atoms with E-state index >= 15 is 0 Å². The molecule has 1 N–H and O–H groups in total. The van der Waals surface area contributed by atoms with Crippen molar-refractivity contribution < 1.29 is 9.32 Å². The SMILES string of the molecule is O=C(CCc1cc(=O)[nH]o1)N1CCCCC1CCn1cccn1. The Kier molecular flexibility index (Phi) is 4.95. The molecule has 1 atom stereocenters. The number of aromatic amines is 1. The topological polar surface area (TPSA) is 84.1 Å². The van der Waals surface area contributed by atoms with Crippen molar-refractivity contribution in [3.63, 3.8) is 0 Å². The van der Waals surface area contributed by atoms with Crippen molar-refractivity contribution in [2.24, 2.45) is 0 Å². The molecule has 23 heavy (non-hydrogen) atoms. The summed E-state index contributed by atoms with van der Waals surface area (Å²) in [7, 11) is 0. The number of aromatic nitrogens is 3. The van der Waals surface area contributed by atoms with E-state index in [9.17, 15) is 9.59 Å². The number of carbonyl (C=O) groups excluding carboxylic acids is 1. The Balaban J connectivity index is 1.54. The van der Waals surface area contributed by atoms with Gasteiger partial charge < -0.3 is 9.42 Å². The lowest BCUT2D eigenvalue weighted by Gasteiger charge is -2.36. The first-order valence-electron chi connectivity index (χ1n) is 8.16. The zero-order valence-electron chi connectivity index (χ0n) is 13.1. The van der Waals surface area contributed by atoms with Crippen LogP contribution >= 0.6 is 0 Å². The summed E-state index contributed by atoms with van der Waals surface area (Å²) in [5.41, 5.74) is -0.262. The number of piperidine rings is 1. The minimum absolute atomic E-state index is 0.138. The molecular weight excluding hydrogens is 296 g/mol. The lowest BCUT2D eigenvalue weighted by Crippen LogP contribution is -2.44. The zero-order chi connectivity index (χ0) is 16.1. The molecule has 3 heterocycles. The third kappa shape index (κ3) is 4.12. The number of H-pyrrole nitrogens is 1. The number of likely N-dealkylation sites (tertiary alicyclic amines) is 1. The lowest BCUT2D eigenvalue weighted by atomic mass is 9.98. The molecule has 0 aromatic carbocycles. The molecule has 2 aromatic heterocycles. The van der Waals surface area contributed by atoms with Gasteiger partial charge in [0.05, 0.1) is 0 Å². The minimum atomic E-state index is -0.262. The fraction of sp³-hybridized carbons (Fsp3) is 0.562. The fourth-order valence-corrected chi connectivity index (χ4v) is 3.16. The first kappa shape index (κ1) is 15.6. The summed E-state index contributed by atoms with van der Waals surface area (Å²) in [6, 6.07) is 3.59. The molecule has 1 amide bonds. The molecule has 1 aliphatic heterocycles. The first-order chi connectivity index (χ1) is 11.2. The quantitative estimate of drug-likeness (QED) is 0.876. The summed E-state index contributed by atoms with van der Waals surface area (Å²) >= 11 is 0. The van der Waals surface area contributed by atoms with Crippen LogP contribution in [0.1, 0.15) is 37.9 Å². The number of rotatable bonds is 6. The van der Waals surface area contributed by atoms with Crippen LogP contribution in [0, 0.1) is 0 Å². The Hall–Kier alpha value is -2.31. The third-order valence-electron chi connectivity index (χ3n) is 4.36. The Morgan fingerprint density at radius 1 is 1.43 bits per heavy atom. The van der Waals surface area contributed by atoms with E-state index < -0.39 is 0 Å². The van der Waals surface area contributed by atoms with Crippen LogP contribution in [0.15, 0.2) is 33.8 Å². The number of hydrogen-bond donors (Lipinski definition) is 1. The molecule has 0 aliphatic carbocycles. The summed E-state index contributed by atoms with van der Waals surface area (Å²) in [4.78, 5) is 25.6. The first-order valence-corrected chi connectivity index (χ1v) is 8.16. The molecule has 7 heteroatoms. The van der Waals surface area contributed by atoms with Gasteiger partial charge in [0.2, 0.25) is 5.91 Å². The van der Waals surface area contributed by atoms with Crippen molar-refractivity contribution in [2.45, 2.75) is 51.1 Å². The smallest absolute Gasteiger partial charge is 0.280 e. The number of amides is 1. The van der Waals surface area contributed by atoms with Crippen LogP contribution in [0.2, 0.25) is 0 Å². The van der Waals surface area contributed by atoms with E-state index in [-0.39, 0.29) is 17.5 Å². The predicted octanol–water partition coefficient (Wildman–Crippen LogP) is 1.57. The van der Waals surface area contributed by atoms with Crippen molar-refractivity contribution in [3.8, 4) is 0 Å². The maximum Gasteiger partial charge on any atom is 0.280 e. The largest absolute Gasteiger partial charge is 0.384 e. The molecule has 7 nitrogen and oxygen atoms in total. The van der Waals surface area contributed by atoms with E-state index in [4.69, 9.17) is 4.52 Å². The van der Waals surface area contributed by atoms with E-state index in [1.165, 1.54) is 12.5 Å². The van der Waals surface area contributed by atoms with Gasteiger partial charge >= 0.3 is 0 Å². The fourth-order valence-electron chi connectivity index (χ4n) is 3.16. The number of nitrogens with zero attached hydrogens (tertiary/aromatic N) is 3. The van der Waals surface area contributed by atoms with E-state index in [1.54, 1.807) is 6.20 Å². The van der Waals surface area contributed by atoms with Gasteiger partial charge in [-0.15, -0.1) is 0 Å². The molecule has 0 bridgehead atoms. The Bertz CT molecular complexity index is 674. The monoisotopic (exact) mass is 318 g/mol. The van der Waals surface area contributed by atoms with E-state index in [2.05, 4.69) is 10.3 Å². The second-order valence-corrected chi connectivity index (χ2v) is 5.97. The summed E-state index contributed by atoms with van der Waals surface area (Å²) in [6.45, 7) is 1.65. The highest BCUT2D eigenvalue weighted by molar-refractivity contribution is 5.76. The van der Waals surface area contributed by atoms with Crippen LogP contribution in [0.5, 0.6) is 0 Å².